The molecule has 0 aliphatic carbocycles. The van der Waals surface area contributed by atoms with Gasteiger partial charge in [0.05, 0.1) is 38.0 Å². The lowest BCUT2D eigenvalue weighted by atomic mass is 9.93. The SMILES string of the molecule is COc1ccc([C@@H]2C(C(=O)OCc3ccccc3)=C(C)N=C3SC=C(CC(=O)NCc4ccncc4)N32)c(OC)c1. The normalized spacial score (nSPS) is 16.0. The van der Waals surface area contributed by atoms with Crippen LogP contribution < -0.4 is 14.8 Å². The van der Waals surface area contributed by atoms with Crippen molar-refractivity contribution in [1.82, 2.24) is 15.2 Å². The molecule has 2 aromatic carbocycles. The molecule has 2 aliphatic rings. The number of carbonyl (C=O) groups is 2. The zero-order valence-corrected chi connectivity index (χ0v) is 23.8. The van der Waals surface area contributed by atoms with Gasteiger partial charge in [0.15, 0.2) is 5.17 Å². The number of allylic oxidation sites excluding steroid dienone is 1. The molecule has 41 heavy (non-hydrogen) atoms. The first kappa shape index (κ1) is 28.0. The van der Waals surface area contributed by atoms with E-state index in [9.17, 15) is 9.59 Å². The molecule has 0 saturated heterocycles. The average Bonchev–Trinajstić information content (AvgIpc) is 3.40. The number of nitrogens with zero attached hydrogens (tertiary/aromatic N) is 3. The van der Waals surface area contributed by atoms with Crippen molar-refractivity contribution in [3.05, 3.63) is 112 Å². The van der Waals surface area contributed by atoms with Crippen molar-refractivity contribution in [2.24, 2.45) is 4.99 Å². The number of carbonyl (C=O) groups excluding carboxylic acids is 2. The molecule has 210 valence electrons. The van der Waals surface area contributed by atoms with E-state index in [2.05, 4.69) is 10.3 Å². The van der Waals surface area contributed by atoms with Gasteiger partial charge in [-0.3, -0.25) is 9.78 Å². The highest BCUT2D eigenvalue weighted by Crippen LogP contribution is 2.47. The van der Waals surface area contributed by atoms with Gasteiger partial charge >= 0.3 is 5.97 Å². The third-order valence-electron chi connectivity index (χ3n) is 6.75. The van der Waals surface area contributed by atoms with E-state index in [-0.39, 0.29) is 18.9 Å². The van der Waals surface area contributed by atoms with E-state index >= 15 is 0 Å². The molecule has 1 atom stereocenters. The molecule has 0 unspecified atom stereocenters. The van der Waals surface area contributed by atoms with Crippen LogP contribution in [0.2, 0.25) is 0 Å². The molecule has 1 amide bonds. The Bertz CT molecular complexity index is 1520. The Morgan fingerprint density at radius 2 is 1.78 bits per heavy atom. The number of pyridine rings is 1. The van der Waals surface area contributed by atoms with Crippen molar-refractivity contribution in [1.29, 1.82) is 0 Å². The van der Waals surface area contributed by atoms with Crippen molar-refractivity contribution in [3.63, 3.8) is 0 Å². The van der Waals surface area contributed by atoms with Gasteiger partial charge in [-0.15, -0.1) is 0 Å². The predicted molar refractivity (Wildman–Crippen MR) is 157 cm³/mol. The Hall–Kier alpha value is -4.57. The van der Waals surface area contributed by atoms with Gasteiger partial charge in [-0.25, -0.2) is 9.79 Å². The number of hydrogen-bond donors (Lipinski definition) is 1. The maximum atomic E-state index is 13.7. The van der Waals surface area contributed by atoms with E-state index in [1.807, 2.05) is 64.9 Å². The van der Waals surface area contributed by atoms with Gasteiger partial charge in [0, 0.05) is 36.3 Å². The van der Waals surface area contributed by atoms with Crippen LogP contribution in [-0.2, 0) is 27.5 Å². The van der Waals surface area contributed by atoms with E-state index in [0.29, 0.717) is 40.2 Å². The fraction of sp³-hybridized carbons (Fsp3) is 0.226. The predicted octanol–water partition coefficient (Wildman–Crippen LogP) is 5.12. The van der Waals surface area contributed by atoms with E-state index < -0.39 is 12.0 Å². The highest BCUT2D eigenvalue weighted by molar-refractivity contribution is 8.16. The minimum absolute atomic E-state index is 0.0947. The summed E-state index contributed by atoms with van der Waals surface area (Å²) in [6, 6.07) is 18.0. The van der Waals surface area contributed by atoms with Crippen molar-refractivity contribution in [2.75, 3.05) is 14.2 Å². The first-order valence-electron chi connectivity index (χ1n) is 13.0. The molecule has 3 aromatic rings. The Morgan fingerprint density at radius 3 is 2.51 bits per heavy atom. The van der Waals surface area contributed by atoms with E-state index in [0.717, 1.165) is 16.7 Å². The quantitative estimate of drug-likeness (QED) is 0.335. The van der Waals surface area contributed by atoms with Gasteiger partial charge in [-0.05, 0) is 47.7 Å². The van der Waals surface area contributed by atoms with Crippen LogP contribution in [0, 0.1) is 0 Å². The van der Waals surface area contributed by atoms with Crippen LogP contribution in [0.4, 0.5) is 0 Å². The summed E-state index contributed by atoms with van der Waals surface area (Å²) in [6.07, 6.45) is 3.47. The van der Waals surface area contributed by atoms with E-state index in [1.165, 1.54) is 11.8 Å². The molecule has 0 saturated carbocycles. The van der Waals surface area contributed by atoms with Gasteiger partial charge < -0.3 is 24.4 Å². The number of nitrogens with one attached hydrogen (secondary N) is 1. The topological polar surface area (TPSA) is 102 Å². The number of amides is 1. The Balaban J connectivity index is 1.46. The third-order valence-corrected chi connectivity index (χ3v) is 7.64. The summed E-state index contributed by atoms with van der Waals surface area (Å²) in [4.78, 5) is 37.4. The minimum Gasteiger partial charge on any atom is -0.497 e. The fourth-order valence-corrected chi connectivity index (χ4v) is 5.66. The molecule has 1 N–H and O–H groups in total. The number of methoxy groups -OCH3 is 2. The number of hydrogen-bond acceptors (Lipinski definition) is 9. The van der Waals surface area contributed by atoms with Gasteiger partial charge in [0.25, 0.3) is 0 Å². The first-order valence-corrected chi connectivity index (χ1v) is 13.9. The maximum Gasteiger partial charge on any atom is 0.338 e. The highest BCUT2D eigenvalue weighted by atomic mass is 32.2. The van der Waals surface area contributed by atoms with Gasteiger partial charge in [-0.2, -0.15) is 0 Å². The molecule has 10 heteroatoms. The second-order valence-corrected chi connectivity index (χ2v) is 10.2. The minimum atomic E-state index is -0.638. The Kier molecular flexibility index (Phi) is 8.69. The molecule has 2 aliphatic heterocycles. The van der Waals surface area contributed by atoms with Crippen molar-refractivity contribution < 1.29 is 23.8 Å². The second-order valence-electron chi connectivity index (χ2n) is 9.37. The Morgan fingerprint density at radius 1 is 1.00 bits per heavy atom. The second kappa shape index (κ2) is 12.7. The lowest BCUT2D eigenvalue weighted by molar-refractivity contribution is -0.141. The summed E-state index contributed by atoms with van der Waals surface area (Å²) in [5, 5.41) is 5.54. The monoisotopic (exact) mass is 570 g/mol. The molecular formula is C31H30N4O5S. The van der Waals surface area contributed by atoms with E-state index in [4.69, 9.17) is 19.2 Å². The van der Waals surface area contributed by atoms with Crippen LogP contribution in [0.3, 0.4) is 0 Å². The van der Waals surface area contributed by atoms with Crippen LogP contribution in [0.5, 0.6) is 11.5 Å². The number of amidine groups is 1. The fourth-order valence-electron chi connectivity index (χ4n) is 4.70. The molecule has 0 radical (unpaired) electrons. The molecule has 9 nitrogen and oxygen atoms in total. The zero-order chi connectivity index (χ0) is 28.8. The van der Waals surface area contributed by atoms with Crippen LogP contribution >= 0.6 is 11.8 Å². The lowest BCUT2D eigenvalue weighted by Crippen LogP contribution is -2.38. The highest BCUT2D eigenvalue weighted by Gasteiger charge is 2.42. The smallest absolute Gasteiger partial charge is 0.338 e. The summed E-state index contributed by atoms with van der Waals surface area (Å²) in [5.41, 5.74) is 4.18. The number of ether oxygens (including phenoxy) is 3. The van der Waals surface area contributed by atoms with Crippen molar-refractivity contribution in [2.45, 2.75) is 32.5 Å². The van der Waals surface area contributed by atoms with Crippen LogP contribution in [-0.4, -0.2) is 41.1 Å². The number of fused-ring (bicyclic) bond motifs is 1. The summed E-state index contributed by atoms with van der Waals surface area (Å²) < 4.78 is 17.0. The Labute approximate surface area is 242 Å². The van der Waals surface area contributed by atoms with Gasteiger partial charge in [-0.1, -0.05) is 42.1 Å². The maximum absolute atomic E-state index is 13.7. The third kappa shape index (κ3) is 6.28. The number of aliphatic imine (C=N–C) groups is 1. The summed E-state index contributed by atoms with van der Waals surface area (Å²) in [6.45, 7) is 2.30. The molecule has 0 fully saturated rings. The van der Waals surface area contributed by atoms with Crippen LogP contribution in [0.25, 0.3) is 0 Å². The number of benzene rings is 2. The molecule has 0 spiro atoms. The lowest BCUT2D eigenvalue weighted by Gasteiger charge is -2.36. The largest absolute Gasteiger partial charge is 0.497 e. The van der Waals surface area contributed by atoms with Crippen molar-refractivity contribution >= 4 is 28.8 Å². The molecule has 1 aromatic heterocycles. The number of rotatable bonds is 10. The average molecular weight is 571 g/mol. The summed E-state index contributed by atoms with van der Waals surface area (Å²) in [5.74, 6) is 0.506. The van der Waals surface area contributed by atoms with E-state index in [1.54, 1.807) is 39.6 Å². The first-order chi connectivity index (χ1) is 20.0. The van der Waals surface area contributed by atoms with Gasteiger partial charge in [0.1, 0.15) is 18.1 Å². The number of esters is 1. The summed E-state index contributed by atoms with van der Waals surface area (Å²) in [7, 11) is 3.15. The van der Waals surface area contributed by atoms with Gasteiger partial charge in [0.2, 0.25) is 5.91 Å². The van der Waals surface area contributed by atoms with Crippen molar-refractivity contribution in [3.8, 4) is 11.5 Å². The van der Waals surface area contributed by atoms with Crippen LogP contribution in [0.15, 0.2) is 100 Å². The summed E-state index contributed by atoms with van der Waals surface area (Å²) >= 11 is 1.41. The molecule has 3 heterocycles. The molecule has 5 rings (SSSR count). The zero-order valence-electron chi connectivity index (χ0n) is 23.0. The number of aromatic nitrogens is 1. The molecular weight excluding hydrogens is 540 g/mol. The standard InChI is InChI=1S/C31H30N4O5S/c1-20-28(30(37)40-18-22-7-5-4-6-8-22)29(25-10-9-24(38-2)16-26(25)39-3)35-23(19-41-31(35)34-20)15-27(36)33-17-21-11-13-32-14-12-21/h4-14,16,19,29H,15,17-18H2,1-3H3,(H,33,36)/t29-/m1/s1. The number of thioether (sulfide) groups is 1. The molecule has 0 bridgehead atoms. The van der Waals surface area contributed by atoms with Crippen LogP contribution in [0.1, 0.15) is 36.1 Å².